The van der Waals surface area contributed by atoms with Gasteiger partial charge in [0.25, 0.3) is 0 Å². The molecule has 0 atom stereocenters. The molecule has 0 saturated carbocycles. The van der Waals surface area contributed by atoms with E-state index in [0.29, 0.717) is 11.6 Å². The molecule has 17 heavy (non-hydrogen) atoms. The van der Waals surface area contributed by atoms with Crippen molar-refractivity contribution in [2.24, 2.45) is 7.05 Å². The number of imidazole rings is 1. The van der Waals surface area contributed by atoms with Crippen molar-refractivity contribution in [3.8, 4) is 11.6 Å². The van der Waals surface area contributed by atoms with E-state index in [2.05, 4.69) is 36.1 Å². The number of hydrogen-bond acceptors (Lipinski definition) is 4. The largest absolute Gasteiger partial charge is 0.366 e. The summed E-state index contributed by atoms with van der Waals surface area (Å²) in [7, 11) is 1.93. The van der Waals surface area contributed by atoms with Gasteiger partial charge >= 0.3 is 0 Å². The van der Waals surface area contributed by atoms with Gasteiger partial charge in [0.05, 0.1) is 11.0 Å². The third kappa shape index (κ3) is 1.59. The number of hydrogen-bond donors (Lipinski definition) is 2. The fourth-order valence-corrected chi connectivity index (χ4v) is 2.11. The Morgan fingerprint density at radius 2 is 2.18 bits per heavy atom. The summed E-state index contributed by atoms with van der Waals surface area (Å²) < 4.78 is 2.94. The molecule has 0 amide bonds. The highest BCUT2D eigenvalue weighted by Gasteiger charge is 2.13. The molecule has 7 heteroatoms. The summed E-state index contributed by atoms with van der Waals surface area (Å²) in [5, 5.41) is 6.56. The fourth-order valence-electron chi connectivity index (χ4n) is 1.76. The first kappa shape index (κ1) is 10.3. The minimum atomic E-state index is 0.216. The summed E-state index contributed by atoms with van der Waals surface area (Å²) in [6.45, 7) is 0. The molecule has 0 aliphatic carbocycles. The number of H-pyrrole nitrogens is 1. The lowest BCUT2D eigenvalue weighted by molar-refractivity contribution is 0.937. The normalized spacial score (nSPS) is 11.2. The second-order valence-electron chi connectivity index (χ2n) is 3.67. The van der Waals surface area contributed by atoms with Crippen LogP contribution in [0.5, 0.6) is 0 Å². The smallest absolute Gasteiger partial charge is 0.239 e. The number of benzene rings is 1. The number of nitrogens with one attached hydrogen (secondary N) is 1. The summed E-state index contributed by atoms with van der Waals surface area (Å²) >= 11 is 3.42. The Kier molecular flexibility index (Phi) is 2.15. The highest BCUT2D eigenvalue weighted by Crippen LogP contribution is 2.23. The lowest BCUT2D eigenvalue weighted by Gasteiger charge is -1.97. The monoisotopic (exact) mass is 292 g/mol. The van der Waals surface area contributed by atoms with Gasteiger partial charge in [0.2, 0.25) is 5.95 Å². The number of aryl methyl sites for hydroxylation is 1. The quantitative estimate of drug-likeness (QED) is 0.715. The van der Waals surface area contributed by atoms with E-state index in [4.69, 9.17) is 5.73 Å². The van der Waals surface area contributed by atoms with Crippen molar-refractivity contribution in [2.75, 3.05) is 5.73 Å². The summed E-state index contributed by atoms with van der Waals surface area (Å²) in [6.07, 6.45) is 0. The summed E-state index contributed by atoms with van der Waals surface area (Å²) in [4.78, 5) is 8.58. The maximum atomic E-state index is 5.49. The molecule has 0 aliphatic rings. The highest BCUT2D eigenvalue weighted by molar-refractivity contribution is 9.10. The van der Waals surface area contributed by atoms with E-state index in [9.17, 15) is 0 Å². The molecule has 0 aliphatic heterocycles. The van der Waals surface area contributed by atoms with Crippen molar-refractivity contribution >= 4 is 32.9 Å². The predicted octanol–water partition coefficient (Wildman–Crippen LogP) is 1.70. The third-order valence-electron chi connectivity index (χ3n) is 2.56. The number of fused-ring (bicyclic) bond motifs is 1. The molecule has 3 rings (SSSR count). The van der Waals surface area contributed by atoms with Gasteiger partial charge in [0.1, 0.15) is 0 Å². The van der Waals surface area contributed by atoms with Crippen LogP contribution in [0.3, 0.4) is 0 Å². The lowest BCUT2D eigenvalue weighted by atomic mass is 10.3. The van der Waals surface area contributed by atoms with Gasteiger partial charge in [0.15, 0.2) is 11.6 Å². The molecule has 0 radical (unpaired) electrons. The molecule has 86 valence electrons. The molecular formula is C10H9BrN6. The van der Waals surface area contributed by atoms with Crippen LogP contribution in [0.2, 0.25) is 0 Å². The van der Waals surface area contributed by atoms with Crippen molar-refractivity contribution in [1.82, 2.24) is 24.7 Å². The summed E-state index contributed by atoms with van der Waals surface area (Å²) in [6, 6.07) is 5.93. The molecule has 0 saturated heterocycles. The zero-order chi connectivity index (χ0) is 12.0. The average molecular weight is 293 g/mol. The van der Waals surface area contributed by atoms with E-state index in [1.165, 1.54) is 0 Å². The topological polar surface area (TPSA) is 85.4 Å². The number of halogens is 1. The summed E-state index contributed by atoms with van der Waals surface area (Å²) in [5.41, 5.74) is 7.41. The molecule has 0 bridgehead atoms. The number of nitrogen functional groups attached to an aromatic ring is 1. The Hall–Kier alpha value is -1.89. The van der Waals surface area contributed by atoms with Crippen LogP contribution in [0.4, 0.5) is 5.95 Å². The van der Waals surface area contributed by atoms with Crippen LogP contribution in [0.1, 0.15) is 0 Å². The Bertz CT molecular complexity index is 698. The van der Waals surface area contributed by atoms with E-state index in [1.807, 2.05) is 29.8 Å². The van der Waals surface area contributed by atoms with Gasteiger partial charge < -0.3 is 10.3 Å². The molecule has 1 aromatic carbocycles. The number of aromatic amines is 1. The summed E-state index contributed by atoms with van der Waals surface area (Å²) in [5.74, 6) is 1.49. The van der Waals surface area contributed by atoms with Crippen molar-refractivity contribution in [3.05, 3.63) is 22.7 Å². The van der Waals surface area contributed by atoms with Gasteiger partial charge in [-0.3, -0.25) is 5.10 Å². The van der Waals surface area contributed by atoms with E-state index in [1.54, 1.807) is 0 Å². The molecule has 2 aromatic heterocycles. The van der Waals surface area contributed by atoms with Crippen molar-refractivity contribution in [2.45, 2.75) is 0 Å². The van der Waals surface area contributed by atoms with Crippen LogP contribution in [-0.4, -0.2) is 24.7 Å². The first-order valence-corrected chi connectivity index (χ1v) is 5.74. The van der Waals surface area contributed by atoms with Crippen LogP contribution in [-0.2, 0) is 7.05 Å². The van der Waals surface area contributed by atoms with Crippen LogP contribution < -0.4 is 5.73 Å². The maximum absolute atomic E-state index is 5.49. The van der Waals surface area contributed by atoms with Crippen molar-refractivity contribution in [1.29, 1.82) is 0 Å². The first-order valence-electron chi connectivity index (χ1n) is 4.95. The van der Waals surface area contributed by atoms with Gasteiger partial charge in [0, 0.05) is 11.5 Å². The second-order valence-corrected chi connectivity index (χ2v) is 4.59. The van der Waals surface area contributed by atoms with E-state index in [-0.39, 0.29) is 5.95 Å². The van der Waals surface area contributed by atoms with Gasteiger partial charge in [-0.05, 0) is 18.2 Å². The standard InChI is InChI=1S/C10H9BrN6/c1-17-7-3-2-5(11)4-6(7)13-9(17)8-14-10(12)16-15-8/h2-4H,1H3,(H3,12,14,15,16). The Balaban J connectivity index is 2.27. The Labute approximate surface area is 105 Å². The molecule has 3 N–H and O–H groups in total. The predicted molar refractivity (Wildman–Crippen MR) is 68.2 cm³/mol. The van der Waals surface area contributed by atoms with Crippen molar-refractivity contribution < 1.29 is 0 Å². The minimum absolute atomic E-state index is 0.216. The molecule has 3 aromatic rings. The number of nitrogens with zero attached hydrogens (tertiary/aromatic N) is 4. The maximum Gasteiger partial charge on any atom is 0.239 e. The SMILES string of the molecule is Cn1c(-c2nc(N)n[nH]2)nc2cc(Br)ccc21. The molecule has 2 heterocycles. The van der Waals surface area contributed by atoms with Crippen molar-refractivity contribution in [3.63, 3.8) is 0 Å². The van der Waals surface area contributed by atoms with Gasteiger partial charge in [-0.15, -0.1) is 5.10 Å². The number of aromatic nitrogens is 5. The fraction of sp³-hybridized carbons (Fsp3) is 0.100. The van der Waals surface area contributed by atoms with Crippen LogP contribution in [0, 0.1) is 0 Å². The lowest BCUT2D eigenvalue weighted by Crippen LogP contribution is -1.94. The van der Waals surface area contributed by atoms with E-state index < -0.39 is 0 Å². The van der Waals surface area contributed by atoms with Crippen LogP contribution >= 0.6 is 15.9 Å². The molecular weight excluding hydrogens is 284 g/mol. The number of nitrogens with two attached hydrogens (primary N) is 1. The molecule has 0 fully saturated rings. The van der Waals surface area contributed by atoms with Crippen LogP contribution in [0.15, 0.2) is 22.7 Å². The first-order chi connectivity index (χ1) is 8.15. The zero-order valence-corrected chi connectivity index (χ0v) is 10.6. The Morgan fingerprint density at radius 1 is 1.35 bits per heavy atom. The van der Waals surface area contributed by atoms with E-state index >= 15 is 0 Å². The number of anilines is 1. The molecule has 0 spiro atoms. The highest BCUT2D eigenvalue weighted by atomic mass is 79.9. The van der Waals surface area contributed by atoms with Gasteiger partial charge in [-0.25, -0.2) is 4.98 Å². The van der Waals surface area contributed by atoms with Gasteiger partial charge in [-0.1, -0.05) is 15.9 Å². The Morgan fingerprint density at radius 3 is 2.88 bits per heavy atom. The third-order valence-corrected chi connectivity index (χ3v) is 3.05. The average Bonchev–Trinajstić information content (AvgIpc) is 2.83. The second kappa shape index (κ2) is 3.56. The zero-order valence-electron chi connectivity index (χ0n) is 8.98. The molecule has 0 unspecified atom stereocenters. The van der Waals surface area contributed by atoms with E-state index in [0.717, 1.165) is 15.5 Å². The molecule has 6 nitrogen and oxygen atoms in total. The minimum Gasteiger partial charge on any atom is -0.366 e. The number of rotatable bonds is 1. The van der Waals surface area contributed by atoms with Gasteiger partial charge in [-0.2, -0.15) is 4.98 Å². The van der Waals surface area contributed by atoms with Crippen LogP contribution in [0.25, 0.3) is 22.7 Å².